The van der Waals surface area contributed by atoms with Crippen LogP contribution in [-0.2, 0) is 0 Å². The third-order valence-electron chi connectivity index (χ3n) is 5.22. The smallest absolute Gasteiger partial charge is 0.252 e. The fourth-order valence-corrected chi connectivity index (χ4v) is 3.77. The van der Waals surface area contributed by atoms with Crippen molar-refractivity contribution in [2.24, 2.45) is 5.73 Å². The molecule has 0 bridgehead atoms. The topological polar surface area (TPSA) is 120 Å². The summed E-state index contributed by atoms with van der Waals surface area (Å²) in [5.41, 5.74) is 6.77. The van der Waals surface area contributed by atoms with Gasteiger partial charge < -0.3 is 20.2 Å². The summed E-state index contributed by atoms with van der Waals surface area (Å²) in [6.45, 7) is -0.291. The number of nitrogens with zero attached hydrogens (tertiary/aromatic N) is 2. The zero-order valence-corrected chi connectivity index (χ0v) is 18.4. The number of hydrogen-bond acceptors (Lipinski definition) is 6. The predicted octanol–water partition coefficient (Wildman–Crippen LogP) is 4.92. The first-order chi connectivity index (χ1) is 16.5. The molecule has 0 aliphatic rings. The second-order valence-corrected chi connectivity index (χ2v) is 7.91. The van der Waals surface area contributed by atoms with Crippen molar-refractivity contribution < 1.29 is 19.1 Å². The highest BCUT2D eigenvalue weighted by molar-refractivity contribution is 6.31. The highest BCUT2D eigenvalue weighted by atomic mass is 35.5. The van der Waals surface area contributed by atoms with E-state index in [1.165, 1.54) is 0 Å². The van der Waals surface area contributed by atoms with E-state index in [9.17, 15) is 9.59 Å². The van der Waals surface area contributed by atoms with Crippen molar-refractivity contribution in [3.05, 3.63) is 89.5 Å². The summed E-state index contributed by atoms with van der Waals surface area (Å²) in [6, 6.07) is 13.7. The molecule has 0 radical (unpaired) electrons. The van der Waals surface area contributed by atoms with E-state index in [0.717, 1.165) is 10.8 Å². The third kappa shape index (κ3) is 4.26. The van der Waals surface area contributed by atoms with Crippen LogP contribution in [0, 0.1) is 0 Å². The average molecular weight is 473 g/mol. The number of amides is 1. The first-order valence-corrected chi connectivity index (χ1v) is 10.6. The van der Waals surface area contributed by atoms with E-state index < -0.39 is 5.91 Å². The summed E-state index contributed by atoms with van der Waals surface area (Å²) in [5, 5.41) is 2.70. The molecular weight excluding hydrogens is 456 g/mol. The number of nitrogens with two attached hydrogens (primary N) is 1. The molecule has 5 rings (SSSR count). The van der Waals surface area contributed by atoms with Crippen LogP contribution in [0.3, 0.4) is 0 Å². The molecule has 0 fully saturated rings. The van der Waals surface area contributed by atoms with Gasteiger partial charge in [0, 0.05) is 40.6 Å². The second kappa shape index (κ2) is 8.84. The molecule has 2 aromatic carbocycles. The molecular formula is C25H17ClN4O4. The number of Topliss-reactive ketones (excluding diaryl/α,β-unsaturated/α-hetero) is 1. The van der Waals surface area contributed by atoms with Crippen molar-refractivity contribution >= 4 is 45.0 Å². The summed E-state index contributed by atoms with van der Waals surface area (Å²) in [4.78, 5) is 36.2. The van der Waals surface area contributed by atoms with Crippen molar-refractivity contribution in [2.45, 2.75) is 0 Å². The Morgan fingerprint density at radius 1 is 1.03 bits per heavy atom. The molecule has 9 heteroatoms. The number of ketones is 1. The Kier molecular flexibility index (Phi) is 5.57. The number of aromatic nitrogens is 3. The summed E-state index contributed by atoms with van der Waals surface area (Å²) < 4.78 is 11.4. The van der Waals surface area contributed by atoms with E-state index in [2.05, 4.69) is 15.0 Å². The average Bonchev–Trinajstić information content (AvgIpc) is 3.26. The van der Waals surface area contributed by atoms with Gasteiger partial charge in [0.1, 0.15) is 11.5 Å². The Labute approximate surface area is 198 Å². The predicted molar refractivity (Wildman–Crippen MR) is 128 cm³/mol. The lowest BCUT2D eigenvalue weighted by Gasteiger charge is -2.11. The van der Waals surface area contributed by atoms with Crippen LogP contribution in [0.15, 0.2) is 73.3 Å². The Morgan fingerprint density at radius 3 is 2.71 bits per heavy atom. The van der Waals surface area contributed by atoms with Gasteiger partial charge in [0.25, 0.3) is 5.91 Å². The molecule has 1 amide bonds. The standard InChI is InChI=1S/C25H17ClN4O4/c26-16-4-3-14-8-23(18(25(27)32)7-15(14)6-16)33-13-22(31)20-12-29-21-9-24(30-11-19(20)21)34-17-2-1-5-28-10-17/h1-12,29H,13H2,(H2,27,32). The Bertz CT molecular complexity index is 1550. The zero-order chi connectivity index (χ0) is 23.7. The molecule has 168 valence electrons. The number of benzene rings is 2. The van der Waals surface area contributed by atoms with Crippen LogP contribution in [0.1, 0.15) is 20.7 Å². The molecule has 0 atom stereocenters. The number of rotatable bonds is 7. The van der Waals surface area contributed by atoms with Crippen LogP contribution >= 0.6 is 11.6 Å². The normalized spacial score (nSPS) is 11.0. The molecule has 3 heterocycles. The number of halogens is 1. The highest BCUT2D eigenvalue weighted by Gasteiger charge is 2.17. The summed E-state index contributed by atoms with van der Waals surface area (Å²) >= 11 is 6.04. The highest BCUT2D eigenvalue weighted by Crippen LogP contribution is 2.29. The largest absolute Gasteiger partial charge is 0.485 e. The fourth-order valence-electron chi connectivity index (χ4n) is 3.59. The lowest BCUT2D eigenvalue weighted by molar-refractivity contribution is 0.0914. The van der Waals surface area contributed by atoms with Gasteiger partial charge in [-0.25, -0.2) is 4.98 Å². The number of pyridine rings is 2. The van der Waals surface area contributed by atoms with Gasteiger partial charge >= 0.3 is 0 Å². The van der Waals surface area contributed by atoms with Gasteiger partial charge in [-0.1, -0.05) is 17.7 Å². The third-order valence-corrected chi connectivity index (χ3v) is 5.46. The number of carbonyl (C=O) groups excluding carboxylic acids is 2. The molecule has 3 aromatic heterocycles. The summed E-state index contributed by atoms with van der Waals surface area (Å²) in [6.07, 6.45) is 6.37. The van der Waals surface area contributed by atoms with E-state index >= 15 is 0 Å². The fraction of sp³-hybridized carbons (Fsp3) is 0.0400. The van der Waals surface area contributed by atoms with Crippen molar-refractivity contribution in [1.29, 1.82) is 0 Å². The van der Waals surface area contributed by atoms with Gasteiger partial charge in [-0.05, 0) is 47.2 Å². The quantitative estimate of drug-likeness (QED) is 0.324. The minimum Gasteiger partial charge on any atom is -0.485 e. The maximum absolute atomic E-state index is 12.9. The number of carbonyl (C=O) groups is 2. The number of aromatic amines is 1. The molecule has 0 saturated heterocycles. The van der Waals surface area contributed by atoms with Gasteiger partial charge in [0.15, 0.2) is 6.61 Å². The lowest BCUT2D eigenvalue weighted by Crippen LogP contribution is -2.16. The number of nitrogens with one attached hydrogen (secondary N) is 1. The van der Waals surface area contributed by atoms with Crippen LogP contribution < -0.4 is 15.2 Å². The number of primary amides is 1. The maximum Gasteiger partial charge on any atom is 0.252 e. The van der Waals surface area contributed by atoms with Crippen LogP contribution in [0.4, 0.5) is 0 Å². The van der Waals surface area contributed by atoms with Crippen LogP contribution in [-0.4, -0.2) is 33.2 Å². The monoisotopic (exact) mass is 472 g/mol. The first-order valence-electron chi connectivity index (χ1n) is 10.2. The van der Waals surface area contributed by atoms with Crippen LogP contribution in [0.2, 0.25) is 5.02 Å². The van der Waals surface area contributed by atoms with Gasteiger partial charge in [0.2, 0.25) is 11.7 Å². The van der Waals surface area contributed by atoms with Crippen molar-refractivity contribution in [1.82, 2.24) is 15.0 Å². The Morgan fingerprint density at radius 2 is 1.91 bits per heavy atom. The number of fused-ring (bicyclic) bond motifs is 2. The Hall–Kier alpha value is -4.43. The minimum atomic E-state index is -0.665. The number of ether oxygens (including phenoxy) is 2. The first kappa shape index (κ1) is 21.4. The SMILES string of the molecule is NC(=O)c1cc2cc(Cl)ccc2cc1OCC(=O)c1c[nH]c2cc(Oc3cccnc3)ncc12. The number of H-pyrrole nitrogens is 1. The molecule has 0 aliphatic heterocycles. The van der Waals surface area contributed by atoms with E-state index in [4.69, 9.17) is 26.8 Å². The van der Waals surface area contributed by atoms with E-state index in [1.807, 2.05) is 0 Å². The van der Waals surface area contributed by atoms with Crippen molar-refractivity contribution in [2.75, 3.05) is 6.61 Å². The molecule has 0 spiro atoms. The van der Waals surface area contributed by atoms with Crippen LogP contribution in [0.5, 0.6) is 17.4 Å². The van der Waals surface area contributed by atoms with Gasteiger partial charge in [0.05, 0.1) is 17.3 Å². The molecule has 8 nitrogen and oxygen atoms in total. The van der Waals surface area contributed by atoms with Crippen molar-refractivity contribution in [3.63, 3.8) is 0 Å². The maximum atomic E-state index is 12.9. The molecule has 0 saturated carbocycles. The van der Waals surface area contributed by atoms with Gasteiger partial charge in [-0.15, -0.1) is 0 Å². The molecule has 0 unspecified atom stereocenters. The molecule has 3 N–H and O–H groups in total. The van der Waals surface area contributed by atoms with Crippen molar-refractivity contribution in [3.8, 4) is 17.4 Å². The van der Waals surface area contributed by atoms with E-state index in [1.54, 1.807) is 73.3 Å². The van der Waals surface area contributed by atoms with Gasteiger partial charge in [-0.2, -0.15) is 0 Å². The van der Waals surface area contributed by atoms with E-state index in [0.29, 0.717) is 33.1 Å². The summed E-state index contributed by atoms with van der Waals surface area (Å²) in [5.74, 6) is 0.177. The van der Waals surface area contributed by atoms with E-state index in [-0.39, 0.29) is 23.7 Å². The van der Waals surface area contributed by atoms with Gasteiger partial charge in [-0.3, -0.25) is 14.6 Å². The Balaban J connectivity index is 1.37. The zero-order valence-electron chi connectivity index (χ0n) is 17.6. The van der Waals surface area contributed by atoms with Crippen LogP contribution in [0.25, 0.3) is 21.7 Å². The number of hydrogen-bond donors (Lipinski definition) is 2. The second-order valence-electron chi connectivity index (χ2n) is 7.48. The molecule has 34 heavy (non-hydrogen) atoms. The summed E-state index contributed by atoms with van der Waals surface area (Å²) in [7, 11) is 0. The molecule has 0 aliphatic carbocycles. The minimum absolute atomic E-state index is 0.167. The lowest BCUT2D eigenvalue weighted by atomic mass is 10.1. The molecule has 5 aromatic rings.